The van der Waals surface area contributed by atoms with Crippen molar-refractivity contribution in [2.45, 2.75) is 13.8 Å². The Morgan fingerprint density at radius 1 is 1.18 bits per heavy atom. The number of hydrogen-bond acceptors (Lipinski definition) is 3. The molecule has 0 atom stereocenters. The van der Waals surface area contributed by atoms with Gasteiger partial charge in [-0.3, -0.25) is 4.79 Å². The van der Waals surface area contributed by atoms with Crippen LogP contribution in [-0.2, 0) is 0 Å². The molecular formula is C19H17NO2. The molecule has 0 aliphatic heterocycles. The molecule has 0 unspecified atom stereocenters. The zero-order chi connectivity index (χ0) is 15.9. The highest BCUT2D eigenvalue weighted by Crippen LogP contribution is 2.15. The van der Waals surface area contributed by atoms with Crippen molar-refractivity contribution >= 4 is 11.9 Å². The van der Waals surface area contributed by atoms with Crippen LogP contribution < -0.4 is 4.74 Å². The van der Waals surface area contributed by atoms with Gasteiger partial charge in [-0.1, -0.05) is 29.8 Å². The predicted molar refractivity (Wildman–Crippen MR) is 86.8 cm³/mol. The SMILES string of the molecule is Cc1ccc(C)c(C=CC(=O)c2ccc(OCC#N)cc2)c1. The van der Waals surface area contributed by atoms with Gasteiger partial charge in [0.15, 0.2) is 12.4 Å². The summed E-state index contributed by atoms with van der Waals surface area (Å²) in [5.74, 6) is 0.518. The van der Waals surface area contributed by atoms with E-state index in [1.165, 1.54) is 0 Å². The Kier molecular flexibility index (Phi) is 5.11. The number of rotatable bonds is 5. The van der Waals surface area contributed by atoms with E-state index in [9.17, 15) is 4.79 Å². The highest BCUT2D eigenvalue weighted by molar-refractivity contribution is 6.06. The maximum absolute atomic E-state index is 12.2. The lowest BCUT2D eigenvalue weighted by Crippen LogP contribution is -1.96. The normalized spacial score (nSPS) is 10.4. The quantitative estimate of drug-likeness (QED) is 0.615. The molecule has 0 N–H and O–H groups in total. The summed E-state index contributed by atoms with van der Waals surface area (Å²) in [5.41, 5.74) is 3.93. The van der Waals surface area contributed by atoms with E-state index < -0.39 is 0 Å². The highest BCUT2D eigenvalue weighted by atomic mass is 16.5. The van der Waals surface area contributed by atoms with Crippen LogP contribution >= 0.6 is 0 Å². The minimum atomic E-state index is -0.0623. The van der Waals surface area contributed by atoms with Crippen LogP contribution in [0.5, 0.6) is 5.75 Å². The molecule has 0 saturated carbocycles. The van der Waals surface area contributed by atoms with E-state index in [1.54, 1.807) is 30.3 Å². The summed E-state index contributed by atoms with van der Waals surface area (Å²) in [7, 11) is 0. The molecule has 2 aromatic carbocycles. The van der Waals surface area contributed by atoms with Gasteiger partial charge in [-0.15, -0.1) is 0 Å². The average Bonchev–Trinajstić information content (AvgIpc) is 2.54. The monoisotopic (exact) mass is 291 g/mol. The summed E-state index contributed by atoms with van der Waals surface area (Å²) in [5, 5.41) is 8.45. The molecule has 2 aromatic rings. The van der Waals surface area contributed by atoms with Gasteiger partial charge in [-0.2, -0.15) is 5.26 Å². The van der Waals surface area contributed by atoms with Crippen LogP contribution in [0.3, 0.4) is 0 Å². The summed E-state index contributed by atoms with van der Waals surface area (Å²) in [6, 6.07) is 14.8. The van der Waals surface area contributed by atoms with Crippen molar-refractivity contribution in [2.75, 3.05) is 6.61 Å². The Morgan fingerprint density at radius 2 is 1.91 bits per heavy atom. The van der Waals surface area contributed by atoms with E-state index in [0.29, 0.717) is 11.3 Å². The van der Waals surface area contributed by atoms with Gasteiger partial charge in [0.2, 0.25) is 0 Å². The molecule has 0 amide bonds. The van der Waals surface area contributed by atoms with Crippen molar-refractivity contribution in [2.24, 2.45) is 0 Å². The van der Waals surface area contributed by atoms with E-state index in [0.717, 1.165) is 16.7 Å². The Balaban J connectivity index is 2.10. The van der Waals surface area contributed by atoms with Crippen LogP contribution in [0.1, 0.15) is 27.0 Å². The van der Waals surface area contributed by atoms with E-state index in [1.807, 2.05) is 32.1 Å². The third-order valence-corrected chi connectivity index (χ3v) is 3.29. The number of allylic oxidation sites excluding steroid dienone is 1. The van der Waals surface area contributed by atoms with Crippen LogP contribution in [-0.4, -0.2) is 12.4 Å². The fourth-order valence-electron chi connectivity index (χ4n) is 2.03. The predicted octanol–water partition coefficient (Wildman–Crippen LogP) is 4.10. The molecule has 0 aromatic heterocycles. The number of benzene rings is 2. The third kappa shape index (κ3) is 4.07. The number of hydrogen-bond donors (Lipinski definition) is 0. The molecule has 0 radical (unpaired) electrons. The third-order valence-electron chi connectivity index (χ3n) is 3.29. The Bertz CT molecular complexity index is 737. The first-order valence-electron chi connectivity index (χ1n) is 6.99. The van der Waals surface area contributed by atoms with Crippen LogP contribution in [0.15, 0.2) is 48.5 Å². The molecule has 22 heavy (non-hydrogen) atoms. The summed E-state index contributed by atoms with van der Waals surface area (Å²) in [4.78, 5) is 12.2. The largest absolute Gasteiger partial charge is 0.479 e. The molecular weight excluding hydrogens is 274 g/mol. The summed E-state index contributed by atoms with van der Waals surface area (Å²) in [6.45, 7) is 4.04. The fraction of sp³-hybridized carbons (Fsp3) is 0.158. The summed E-state index contributed by atoms with van der Waals surface area (Å²) >= 11 is 0. The smallest absolute Gasteiger partial charge is 0.185 e. The van der Waals surface area contributed by atoms with Crippen LogP contribution in [0.2, 0.25) is 0 Å². The minimum Gasteiger partial charge on any atom is -0.479 e. The van der Waals surface area contributed by atoms with Crippen molar-refractivity contribution in [3.05, 3.63) is 70.8 Å². The second kappa shape index (κ2) is 7.24. The Labute approximate surface area is 130 Å². The zero-order valence-corrected chi connectivity index (χ0v) is 12.7. The van der Waals surface area contributed by atoms with Gasteiger partial charge in [-0.05, 0) is 55.3 Å². The van der Waals surface area contributed by atoms with Crippen molar-refractivity contribution in [3.8, 4) is 11.8 Å². The molecule has 0 fully saturated rings. The molecule has 0 bridgehead atoms. The molecule has 0 heterocycles. The maximum Gasteiger partial charge on any atom is 0.185 e. The van der Waals surface area contributed by atoms with Crippen molar-refractivity contribution in [3.63, 3.8) is 0 Å². The van der Waals surface area contributed by atoms with Crippen molar-refractivity contribution in [1.82, 2.24) is 0 Å². The molecule has 0 saturated heterocycles. The second-order valence-electron chi connectivity index (χ2n) is 5.03. The van der Waals surface area contributed by atoms with E-state index in [2.05, 4.69) is 12.1 Å². The number of carbonyl (C=O) groups is 1. The first kappa shape index (κ1) is 15.5. The van der Waals surface area contributed by atoms with E-state index in [4.69, 9.17) is 10.00 Å². The molecule has 3 heteroatoms. The number of carbonyl (C=O) groups excluding carboxylic acids is 1. The standard InChI is InChI=1S/C19H17NO2/c1-14-3-4-15(2)17(13-14)7-10-19(21)16-5-8-18(9-6-16)22-12-11-20/h3-10,13H,12H2,1-2H3. The average molecular weight is 291 g/mol. The summed E-state index contributed by atoms with van der Waals surface area (Å²) < 4.78 is 5.16. The Morgan fingerprint density at radius 3 is 2.59 bits per heavy atom. The first-order chi connectivity index (χ1) is 10.6. The van der Waals surface area contributed by atoms with Gasteiger partial charge in [0.25, 0.3) is 0 Å². The lowest BCUT2D eigenvalue weighted by Gasteiger charge is -2.03. The lowest BCUT2D eigenvalue weighted by atomic mass is 10.0. The van der Waals surface area contributed by atoms with Gasteiger partial charge in [0.1, 0.15) is 11.8 Å². The fourth-order valence-corrected chi connectivity index (χ4v) is 2.03. The topological polar surface area (TPSA) is 50.1 Å². The van der Waals surface area contributed by atoms with Gasteiger partial charge in [0, 0.05) is 5.56 Å². The van der Waals surface area contributed by atoms with Gasteiger partial charge < -0.3 is 4.74 Å². The number of ether oxygens (including phenoxy) is 1. The van der Waals surface area contributed by atoms with Crippen molar-refractivity contribution in [1.29, 1.82) is 5.26 Å². The molecule has 110 valence electrons. The molecule has 2 rings (SSSR count). The number of ketones is 1. The second-order valence-corrected chi connectivity index (χ2v) is 5.03. The van der Waals surface area contributed by atoms with Gasteiger partial charge in [-0.25, -0.2) is 0 Å². The van der Waals surface area contributed by atoms with Crippen LogP contribution in [0, 0.1) is 25.2 Å². The zero-order valence-electron chi connectivity index (χ0n) is 12.7. The van der Waals surface area contributed by atoms with Gasteiger partial charge >= 0.3 is 0 Å². The first-order valence-corrected chi connectivity index (χ1v) is 6.99. The van der Waals surface area contributed by atoms with Crippen molar-refractivity contribution < 1.29 is 9.53 Å². The number of nitrogens with zero attached hydrogens (tertiary/aromatic N) is 1. The molecule has 0 aliphatic carbocycles. The maximum atomic E-state index is 12.2. The lowest BCUT2D eigenvalue weighted by molar-refractivity contribution is 0.104. The minimum absolute atomic E-state index is 0.000168. The molecule has 3 nitrogen and oxygen atoms in total. The van der Waals surface area contributed by atoms with Crippen LogP contribution in [0.4, 0.5) is 0 Å². The Hall–Kier alpha value is -2.86. The highest BCUT2D eigenvalue weighted by Gasteiger charge is 2.03. The van der Waals surface area contributed by atoms with E-state index >= 15 is 0 Å². The molecule has 0 aliphatic rings. The summed E-state index contributed by atoms with van der Waals surface area (Å²) in [6.07, 6.45) is 3.41. The van der Waals surface area contributed by atoms with E-state index in [-0.39, 0.29) is 12.4 Å². The molecule has 0 spiro atoms. The number of nitriles is 1. The van der Waals surface area contributed by atoms with Gasteiger partial charge in [0.05, 0.1) is 0 Å². The number of aryl methyl sites for hydroxylation is 2. The van der Waals surface area contributed by atoms with Crippen LogP contribution in [0.25, 0.3) is 6.08 Å².